The van der Waals surface area contributed by atoms with Crippen LogP contribution in [0.5, 0.6) is 0 Å². The van der Waals surface area contributed by atoms with E-state index in [0.717, 1.165) is 10.5 Å². The summed E-state index contributed by atoms with van der Waals surface area (Å²) in [4.78, 5) is 13.8. The van der Waals surface area contributed by atoms with E-state index < -0.39 is 12.1 Å². The summed E-state index contributed by atoms with van der Waals surface area (Å²) in [5.74, 6) is -1.41. The Balaban J connectivity index is 1.65. The normalized spacial score (nSPS) is 15.4. The molecule has 0 bridgehead atoms. The Labute approximate surface area is 154 Å². The van der Waals surface area contributed by atoms with E-state index in [0.29, 0.717) is 17.2 Å². The molecule has 0 saturated carbocycles. The number of halogens is 3. The second-order valence-electron chi connectivity index (χ2n) is 6.07. The van der Waals surface area contributed by atoms with Crippen molar-refractivity contribution < 1.29 is 18.0 Å². The van der Waals surface area contributed by atoms with E-state index >= 15 is 0 Å². The molecule has 2 aromatic rings. The topological polar surface area (TPSA) is 75.3 Å². The monoisotopic (exact) mass is 377 g/mol. The van der Waals surface area contributed by atoms with E-state index in [1.54, 1.807) is 17.0 Å². The van der Waals surface area contributed by atoms with Crippen LogP contribution in [0, 0.1) is 0 Å². The highest BCUT2D eigenvalue weighted by atomic mass is 19.4. The average Bonchev–Trinajstić information content (AvgIpc) is 2.66. The van der Waals surface area contributed by atoms with Gasteiger partial charge in [0.15, 0.2) is 5.82 Å². The van der Waals surface area contributed by atoms with Crippen LogP contribution in [0.2, 0.25) is 0 Å². The third-order valence-electron chi connectivity index (χ3n) is 4.18. The molecule has 2 heterocycles. The Morgan fingerprint density at radius 1 is 1.04 bits per heavy atom. The Morgan fingerprint density at radius 2 is 1.70 bits per heavy atom. The molecule has 1 aliphatic heterocycles. The molecule has 1 aromatic carbocycles. The summed E-state index contributed by atoms with van der Waals surface area (Å²) in [7, 11) is 0. The molecule has 0 unspecified atom stereocenters. The van der Waals surface area contributed by atoms with Gasteiger partial charge in [-0.05, 0) is 17.7 Å². The summed E-state index contributed by atoms with van der Waals surface area (Å²) in [6.07, 6.45) is -1.19. The van der Waals surface area contributed by atoms with Crippen molar-refractivity contribution in [3.8, 4) is 0 Å². The number of anilines is 2. The second kappa shape index (κ2) is 7.65. The highest BCUT2D eigenvalue weighted by molar-refractivity contribution is 5.82. The summed E-state index contributed by atoms with van der Waals surface area (Å²) < 4.78 is 37.5. The van der Waals surface area contributed by atoms with Gasteiger partial charge in [-0.1, -0.05) is 36.4 Å². The van der Waals surface area contributed by atoms with Crippen LogP contribution in [-0.4, -0.2) is 53.4 Å². The van der Waals surface area contributed by atoms with E-state index in [-0.39, 0.29) is 26.2 Å². The van der Waals surface area contributed by atoms with Crippen molar-refractivity contribution in [3.63, 3.8) is 0 Å². The van der Waals surface area contributed by atoms with Gasteiger partial charge < -0.3 is 15.5 Å². The molecule has 0 spiro atoms. The number of aromatic nitrogens is 2. The molecule has 6 nitrogen and oxygen atoms in total. The molecule has 1 saturated heterocycles. The van der Waals surface area contributed by atoms with Gasteiger partial charge in [0.25, 0.3) is 0 Å². The molecule has 1 aromatic heterocycles. The predicted octanol–water partition coefficient (Wildman–Crippen LogP) is 2.44. The van der Waals surface area contributed by atoms with Gasteiger partial charge in [-0.2, -0.15) is 13.2 Å². The lowest BCUT2D eigenvalue weighted by molar-refractivity contribution is -0.185. The Hall–Kier alpha value is -3.10. The molecule has 0 radical (unpaired) electrons. The van der Waals surface area contributed by atoms with Crippen molar-refractivity contribution in [2.75, 3.05) is 36.8 Å². The summed E-state index contributed by atoms with van der Waals surface area (Å²) in [6.45, 7) is 0.323. The van der Waals surface area contributed by atoms with Gasteiger partial charge >= 0.3 is 12.1 Å². The number of carbonyl (C=O) groups is 1. The Kier molecular flexibility index (Phi) is 5.29. The quantitative estimate of drug-likeness (QED) is 0.889. The fourth-order valence-corrected chi connectivity index (χ4v) is 2.79. The molecule has 9 heteroatoms. The molecule has 2 N–H and O–H groups in total. The number of alkyl halides is 3. The zero-order chi connectivity index (χ0) is 19.4. The zero-order valence-electron chi connectivity index (χ0n) is 14.4. The molecule has 3 rings (SSSR count). The third kappa shape index (κ3) is 4.55. The van der Waals surface area contributed by atoms with Crippen molar-refractivity contribution in [1.82, 2.24) is 15.1 Å². The largest absolute Gasteiger partial charge is 0.471 e. The molecule has 27 heavy (non-hydrogen) atoms. The van der Waals surface area contributed by atoms with E-state index in [4.69, 9.17) is 5.73 Å². The van der Waals surface area contributed by atoms with E-state index in [9.17, 15) is 18.0 Å². The number of hydrogen-bond donors (Lipinski definition) is 1. The van der Waals surface area contributed by atoms with Crippen LogP contribution in [0.25, 0.3) is 12.2 Å². The van der Waals surface area contributed by atoms with Crippen molar-refractivity contribution in [2.45, 2.75) is 6.18 Å². The number of piperazine rings is 1. The molecular weight excluding hydrogens is 359 g/mol. The first-order chi connectivity index (χ1) is 12.8. The van der Waals surface area contributed by atoms with Crippen LogP contribution in [0.4, 0.5) is 24.7 Å². The third-order valence-corrected chi connectivity index (χ3v) is 4.18. The van der Waals surface area contributed by atoms with E-state index in [2.05, 4.69) is 10.2 Å². The number of carbonyl (C=O) groups excluding carboxylic acids is 1. The lowest BCUT2D eigenvalue weighted by Gasteiger charge is -2.35. The van der Waals surface area contributed by atoms with E-state index in [1.807, 2.05) is 36.4 Å². The number of nitrogens with two attached hydrogens (primary N) is 1. The van der Waals surface area contributed by atoms with Gasteiger partial charge in [0.1, 0.15) is 0 Å². The minimum Gasteiger partial charge on any atom is -0.396 e. The molecule has 1 amide bonds. The van der Waals surface area contributed by atoms with Crippen LogP contribution >= 0.6 is 0 Å². The van der Waals surface area contributed by atoms with Crippen LogP contribution in [-0.2, 0) is 4.79 Å². The SMILES string of the molecule is Nc1cc(C=Cc2ccccc2)nnc1N1CCN(C(=O)C(F)(F)F)CC1. The minimum atomic E-state index is -4.85. The standard InChI is InChI=1S/C18H18F3N5O/c19-18(20,21)17(27)26-10-8-25(9-11-26)16-15(22)12-14(23-24-16)7-6-13-4-2-1-3-5-13/h1-7,12H,8-11H2,(H2,22,23). The van der Waals surface area contributed by atoms with Gasteiger partial charge in [0, 0.05) is 26.2 Å². The maximum Gasteiger partial charge on any atom is 0.471 e. The fraction of sp³-hybridized carbons (Fsp3) is 0.278. The van der Waals surface area contributed by atoms with Crippen LogP contribution in [0.3, 0.4) is 0 Å². The first kappa shape index (κ1) is 18.7. The predicted molar refractivity (Wildman–Crippen MR) is 96.7 cm³/mol. The van der Waals surface area contributed by atoms with Crippen molar-refractivity contribution in [2.24, 2.45) is 0 Å². The molecule has 0 aliphatic carbocycles. The van der Waals surface area contributed by atoms with Gasteiger partial charge in [0.05, 0.1) is 11.4 Å². The van der Waals surface area contributed by atoms with Gasteiger partial charge in [-0.25, -0.2) is 0 Å². The number of rotatable bonds is 3. The highest BCUT2D eigenvalue weighted by Crippen LogP contribution is 2.24. The Bertz CT molecular complexity index is 831. The van der Waals surface area contributed by atoms with Crippen molar-refractivity contribution in [1.29, 1.82) is 0 Å². The number of hydrogen-bond acceptors (Lipinski definition) is 5. The number of nitrogens with zero attached hydrogens (tertiary/aromatic N) is 4. The number of benzene rings is 1. The number of nitrogen functional groups attached to an aromatic ring is 1. The van der Waals surface area contributed by atoms with E-state index in [1.165, 1.54) is 0 Å². The highest BCUT2D eigenvalue weighted by Gasteiger charge is 2.43. The maximum absolute atomic E-state index is 12.5. The molecule has 142 valence electrons. The zero-order valence-corrected chi connectivity index (χ0v) is 14.4. The summed E-state index contributed by atoms with van der Waals surface area (Å²) in [6, 6.07) is 11.3. The molecule has 0 atom stereocenters. The Morgan fingerprint density at radius 3 is 2.30 bits per heavy atom. The van der Waals surface area contributed by atoms with Crippen LogP contribution in [0.1, 0.15) is 11.3 Å². The summed E-state index contributed by atoms with van der Waals surface area (Å²) >= 11 is 0. The maximum atomic E-state index is 12.5. The average molecular weight is 377 g/mol. The van der Waals surface area contributed by atoms with Crippen molar-refractivity contribution in [3.05, 3.63) is 47.7 Å². The molecular formula is C18H18F3N5O. The lowest BCUT2D eigenvalue weighted by atomic mass is 10.2. The first-order valence-corrected chi connectivity index (χ1v) is 8.32. The lowest BCUT2D eigenvalue weighted by Crippen LogP contribution is -2.52. The van der Waals surface area contributed by atoms with Crippen LogP contribution in [0.15, 0.2) is 36.4 Å². The summed E-state index contributed by atoms with van der Waals surface area (Å²) in [5.41, 5.74) is 8.01. The summed E-state index contributed by atoms with van der Waals surface area (Å²) in [5, 5.41) is 8.21. The smallest absolute Gasteiger partial charge is 0.396 e. The molecule has 1 aliphatic rings. The van der Waals surface area contributed by atoms with Gasteiger partial charge in [0.2, 0.25) is 0 Å². The van der Waals surface area contributed by atoms with Crippen LogP contribution < -0.4 is 10.6 Å². The molecule has 1 fully saturated rings. The second-order valence-corrected chi connectivity index (χ2v) is 6.07. The number of amides is 1. The fourth-order valence-electron chi connectivity index (χ4n) is 2.79. The van der Waals surface area contributed by atoms with Crippen molar-refractivity contribution >= 4 is 29.6 Å². The van der Waals surface area contributed by atoms with Gasteiger partial charge in [-0.15, -0.1) is 10.2 Å². The first-order valence-electron chi connectivity index (χ1n) is 8.32. The van der Waals surface area contributed by atoms with Gasteiger partial charge in [-0.3, -0.25) is 4.79 Å². The minimum absolute atomic E-state index is 0.0465.